The predicted octanol–water partition coefficient (Wildman–Crippen LogP) is 0.529. The van der Waals surface area contributed by atoms with Crippen LogP contribution in [0.4, 0.5) is 0 Å². The summed E-state index contributed by atoms with van der Waals surface area (Å²) in [6, 6.07) is 0. The van der Waals surface area contributed by atoms with Crippen molar-refractivity contribution < 1.29 is 19.1 Å². The van der Waals surface area contributed by atoms with E-state index in [1.165, 1.54) is 0 Å². The van der Waals surface area contributed by atoms with Crippen LogP contribution in [0.15, 0.2) is 12.2 Å². The van der Waals surface area contributed by atoms with Crippen molar-refractivity contribution in [2.75, 3.05) is 41.3 Å². The summed E-state index contributed by atoms with van der Waals surface area (Å²) < 4.78 is 10.2. The number of carbonyl (C=O) groups is 2. The van der Waals surface area contributed by atoms with Gasteiger partial charge in [0.2, 0.25) is 0 Å². The Bertz CT molecular complexity index is 308. The molecule has 2 atom stereocenters. The van der Waals surface area contributed by atoms with Crippen molar-refractivity contribution in [2.24, 2.45) is 0 Å². The Kier molecular flexibility index (Phi) is 8.83. The number of rotatable bonds is 8. The minimum absolute atomic E-state index is 0.231. The molecule has 0 aliphatic heterocycles. The van der Waals surface area contributed by atoms with Crippen LogP contribution in [-0.2, 0) is 19.1 Å². The van der Waals surface area contributed by atoms with Gasteiger partial charge >= 0.3 is 11.9 Å². The van der Waals surface area contributed by atoms with Crippen LogP contribution in [0, 0.1) is 0 Å². The second-order valence-corrected chi connectivity index (χ2v) is 5.35. The molecular weight excluding hydrogens is 260 g/mol. The molecule has 0 aromatic rings. The van der Waals surface area contributed by atoms with Crippen molar-refractivity contribution in [1.82, 2.24) is 9.80 Å². The number of carbonyl (C=O) groups excluding carboxylic acids is 2. The summed E-state index contributed by atoms with van der Waals surface area (Å²) in [6.07, 6.45) is 1.73. The summed E-state index contributed by atoms with van der Waals surface area (Å²) in [5.41, 5.74) is 0. The van der Waals surface area contributed by atoms with Gasteiger partial charge in [-0.15, -0.1) is 0 Å². The molecule has 0 aliphatic rings. The molecule has 0 fully saturated rings. The van der Waals surface area contributed by atoms with E-state index < -0.39 is 11.9 Å². The lowest BCUT2D eigenvalue weighted by atomic mass is 10.3. The first kappa shape index (κ1) is 18.6. The molecule has 0 aliphatic carbocycles. The summed E-state index contributed by atoms with van der Waals surface area (Å²) in [5, 5.41) is 0. The fourth-order valence-electron chi connectivity index (χ4n) is 1.71. The Morgan fingerprint density at radius 1 is 0.850 bits per heavy atom. The van der Waals surface area contributed by atoms with Crippen LogP contribution in [0.3, 0.4) is 0 Å². The van der Waals surface area contributed by atoms with Gasteiger partial charge in [0.15, 0.2) is 0 Å². The molecule has 2 unspecified atom stereocenters. The van der Waals surface area contributed by atoms with Crippen LogP contribution >= 0.6 is 0 Å². The first-order valence-electron chi connectivity index (χ1n) is 6.59. The second-order valence-electron chi connectivity index (χ2n) is 5.35. The summed E-state index contributed by atoms with van der Waals surface area (Å²) in [5.74, 6) is -1.09. The first-order valence-corrected chi connectivity index (χ1v) is 6.59. The molecular formula is C14H26N2O4. The number of nitrogens with zero attached hydrogens (tertiary/aromatic N) is 2. The monoisotopic (exact) mass is 286 g/mol. The van der Waals surface area contributed by atoms with E-state index in [0.29, 0.717) is 13.1 Å². The van der Waals surface area contributed by atoms with Gasteiger partial charge in [-0.2, -0.15) is 0 Å². The van der Waals surface area contributed by atoms with Gasteiger partial charge in [0.05, 0.1) is 0 Å². The van der Waals surface area contributed by atoms with Crippen LogP contribution in [0.2, 0.25) is 0 Å². The Labute approximate surface area is 121 Å². The normalized spacial score (nSPS) is 14.6. The van der Waals surface area contributed by atoms with Gasteiger partial charge in [0.1, 0.15) is 12.2 Å². The van der Waals surface area contributed by atoms with Crippen molar-refractivity contribution in [3.63, 3.8) is 0 Å². The average molecular weight is 286 g/mol. The third-order valence-corrected chi connectivity index (χ3v) is 2.23. The molecule has 0 bridgehead atoms. The van der Waals surface area contributed by atoms with Gasteiger partial charge in [-0.25, -0.2) is 9.59 Å². The zero-order valence-corrected chi connectivity index (χ0v) is 13.3. The largest absolute Gasteiger partial charge is 0.458 e. The molecule has 0 saturated heterocycles. The second kappa shape index (κ2) is 9.50. The summed E-state index contributed by atoms with van der Waals surface area (Å²) >= 11 is 0. The number of ether oxygens (including phenoxy) is 2. The smallest absolute Gasteiger partial charge is 0.331 e. The molecule has 0 N–H and O–H groups in total. The number of esters is 2. The lowest BCUT2D eigenvalue weighted by molar-refractivity contribution is -0.145. The highest BCUT2D eigenvalue weighted by Gasteiger charge is 2.10. The van der Waals surface area contributed by atoms with Crippen LogP contribution in [-0.4, -0.2) is 75.2 Å². The third kappa shape index (κ3) is 10.5. The third-order valence-electron chi connectivity index (χ3n) is 2.23. The van der Waals surface area contributed by atoms with Crippen LogP contribution in [0.1, 0.15) is 13.8 Å². The SMILES string of the molecule is CC(CN(C)C)OC(=O)/C=C/C(=O)OC(C)CN(C)C. The van der Waals surface area contributed by atoms with E-state index in [0.717, 1.165) is 12.2 Å². The number of likely N-dealkylation sites (N-methyl/N-ethyl adjacent to an activating group) is 2. The van der Waals surface area contributed by atoms with Crippen LogP contribution in [0.5, 0.6) is 0 Å². The Morgan fingerprint density at radius 3 is 1.40 bits per heavy atom. The minimum atomic E-state index is -0.545. The van der Waals surface area contributed by atoms with Crippen molar-refractivity contribution in [1.29, 1.82) is 0 Å². The van der Waals surface area contributed by atoms with E-state index in [1.54, 1.807) is 13.8 Å². The number of hydrogen-bond acceptors (Lipinski definition) is 6. The molecule has 0 radical (unpaired) electrons. The van der Waals surface area contributed by atoms with Gasteiger partial charge in [-0.3, -0.25) is 0 Å². The molecule has 6 nitrogen and oxygen atoms in total. The zero-order chi connectivity index (χ0) is 15.7. The molecule has 0 aromatic heterocycles. The molecule has 0 saturated carbocycles. The maximum atomic E-state index is 11.5. The Balaban J connectivity index is 4.08. The van der Waals surface area contributed by atoms with Gasteiger partial charge in [0, 0.05) is 25.2 Å². The number of hydrogen-bond donors (Lipinski definition) is 0. The zero-order valence-electron chi connectivity index (χ0n) is 13.3. The van der Waals surface area contributed by atoms with Crippen LogP contribution < -0.4 is 0 Å². The molecule has 20 heavy (non-hydrogen) atoms. The summed E-state index contributed by atoms with van der Waals surface area (Å²) in [4.78, 5) is 26.7. The van der Waals surface area contributed by atoms with E-state index in [-0.39, 0.29) is 12.2 Å². The molecule has 0 amide bonds. The van der Waals surface area contributed by atoms with Crippen LogP contribution in [0.25, 0.3) is 0 Å². The van der Waals surface area contributed by atoms with E-state index >= 15 is 0 Å². The topological polar surface area (TPSA) is 59.1 Å². The highest BCUT2D eigenvalue weighted by Crippen LogP contribution is 1.97. The Morgan fingerprint density at radius 2 is 1.15 bits per heavy atom. The Hall–Kier alpha value is -1.40. The first-order chi connectivity index (χ1) is 9.20. The van der Waals surface area contributed by atoms with E-state index in [4.69, 9.17) is 9.47 Å². The van der Waals surface area contributed by atoms with Crippen molar-refractivity contribution in [3.05, 3.63) is 12.2 Å². The molecule has 0 heterocycles. The quantitative estimate of drug-likeness (QED) is 0.479. The maximum absolute atomic E-state index is 11.5. The molecule has 116 valence electrons. The fourth-order valence-corrected chi connectivity index (χ4v) is 1.71. The lowest BCUT2D eigenvalue weighted by Gasteiger charge is -2.17. The minimum Gasteiger partial charge on any atom is -0.458 e. The van der Waals surface area contributed by atoms with E-state index in [9.17, 15) is 9.59 Å². The van der Waals surface area contributed by atoms with Gasteiger partial charge in [-0.05, 0) is 42.0 Å². The highest BCUT2D eigenvalue weighted by molar-refractivity contribution is 5.91. The van der Waals surface area contributed by atoms with Gasteiger partial charge < -0.3 is 19.3 Å². The fraction of sp³-hybridized carbons (Fsp3) is 0.714. The molecule has 6 heteroatoms. The summed E-state index contributed by atoms with van der Waals surface area (Å²) in [7, 11) is 7.57. The standard InChI is InChI=1S/C14H26N2O4/c1-11(9-15(3)4)19-13(17)7-8-14(18)20-12(2)10-16(5)6/h7-8,11-12H,9-10H2,1-6H3/b8-7+. The van der Waals surface area contributed by atoms with Crippen molar-refractivity contribution >= 4 is 11.9 Å². The molecule has 0 spiro atoms. The summed E-state index contributed by atoms with van der Waals surface area (Å²) in [6.45, 7) is 4.85. The van der Waals surface area contributed by atoms with E-state index in [1.807, 2.05) is 38.0 Å². The van der Waals surface area contributed by atoms with Gasteiger partial charge in [-0.1, -0.05) is 0 Å². The van der Waals surface area contributed by atoms with Gasteiger partial charge in [0.25, 0.3) is 0 Å². The average Bonchev–Trinajstić information content (AvgIpc) is 2.23. The van der Waals surface area contributed by atoms with Crippen molar-refractivity contribution in [2.45, 2.75) is 26.1 Å². The van der Waals surface area contributed by atoms with E-state index in [2.05, 4.69) is 0 Å². The molecule has 0 rings (SSSR count). The maximum Gasteiger partial charge on any atom is 0.331 e. The molecule has 0 aromatic carbocycles. The highest BCUT2D eigenvalue weighted by atomic mass is 16.5. The van der Waals surface area contributed by atoms with Crippen molar-refractivity contribution in [3.8, 4) is 0 Å². The lowest BCUT2D eigenvalue weighted by Crippen LogP contribution is -2.28. The predicted molar refractivity (Wildman–Crippen MR) is 77.4 cm³/mol.